The predicted molar refractivity (Wildman–Crippen MR) is 229 cm³/mol. The van der Waals surface area contributed by atoms with Crippen molar-refractivity contribution in [3.63, 3.8) is 0 Å². The lowest BCUT2D eigenvalue weighted by molar-refractivity contribution is 0.668. The van der Waals surface area contributed by atoms with Crippen LogP contribution in [0.25, 0.3) is 122 Å². The van der Waals surface area contributed by atoms with Crippen LogP contribution in [0.4, 0.5) is 0 Å². The molecule has 0 aliphatic rings. The first kappa shape index (κ1) is 31.5. The molecule has 0 unspecified atom stereocenters. The summed E-state index contributed by atoms with van der Waals surface area (Å²) in [5.74, 6) is 1.76. The molecule has 0 aliphatic carbocycles. The average Bonchev–Trinajstić information content (AvgIpc) is 3.98. The molecule has 0 radical (unpaired) electrons. The fraction of sp³-hybridized carbons (Fsp3) is 0. The van der Waals surface area contributed by atoms with Gasteiger partial charge in [-0.3, -0.25) is 0 Å². The van der Waals surface area contributed by atoms with Crippen molar-refractivity contribution < 1.29 is 13.3 Å². The Kier molecular flexibility index (Phi) is 6.83. The monoisotopic (exact) mass is 731 g/mol. The van der Waals surface area contributed by atoms with E-state index in [1.807, 2.05) is 78.9 Å². The zero-order chi connectivity index (χ0) is 37.5. The lowest BCUT2D eigenvalue weighted by atomic mass is 9.93. The molecule has 0 atom stereocenters. The number of hydrogen-bond acceptors (Lipinski definition) is 6. The Morgan fingerprint density at radius 1 is 0.281 bits per heavy atom. The number of para-hydroxylation sites is 4. The summed E-state index contributed by atoms with van der Waals surface area (Å²) in [6.45, 7) is 0. The molecule has 8 aromatic carbocycles. The van der Waals surface area contributed by atoms with E-state index in [0.29, 0.717) is 17.5 Å². The first-order valence-electron chi connectivity index (χ1n) is 18.9. The van der Waals surface area contributed by atoms with Crippen LogP contribution in [-0.4, -0.2) is 15.0 Å². The van der Waals surface area contributed by atoms with Crippen LogP contribution in [0, 0.1) is 0 Å². The summed E-state index contributed by atoms with van der Waals surface area (Å²) in [6.07, 6.45) is 0. The third kappa shape index (κ3) is 5.01. The Hall–Kier alpha value is -7.83. The highest BCUT2D eigenvalue weighted by Gasteiger charge is 2.21. The minimum absolute atomic E-state index is 0.573. The number of hydrogen-bond donors (Lipinski definition) is 0. The van der Waals surface area contributed by atoms with E-state index < -0.39 is 0 Å². The van der Waals surface area contributed by atoms with Crippen LogP contribution in [-0.2, 0) is 0 Å². The number of benzene rings is 8. The topological polar surface area (TPSA) is 78.1 Å². The SMILES string of the molecule is c1ccc(-c2nc(-c3ccc(-c4ccc(-c5cccc6c5oc5ccccc56)c5c4oc4ccccc45)cc3)nc(-c3ccc4c(c3)oc3ccccc34)n2)cc1. The summed E-state index contributed by atoms with van der Waals surface area (Å²) in [5, 5.41) is 6.44. The molecule has 0 saturated heterocycles. The molecule has 0 spiro atoms. The summed E-state index contributed by atoms with van der Waals surface area (Å²) < 4.78 is 19.4. The van der Waals surface area contributed by atoms with E-state index in [0.717, 1.165) is 105 Å². The van der Waals surface area contributed by atoms with Crippen molar-refractivity contribution in [2.45, 2.75) is 0 Å². The molecule has 12 aromatic rings. The van der Waals surface area contributed by atoms with Crippen LogP contribution in [0.1, 0.15) is 0 Å². The summed E-state index contributed by atoms with van der Waals surface area (Å²) in [6, 6.07) is 59.8. The van der Waals surface area contributed by atoms with Gasteiger partial charge < -0.3 is 13.3 Å². The van der Waals surface area contributed by atoms with Crippen LogP contribution in [0.3, 0.4) is 0 Å². The van der Waals surface area contributed by atoms with Crippen LogP contribution < -0.4 is 0 Å². The average molecular weight is 732 g/mol. The molecule has 266 valence electrons. The fourth-order valence-electron chi connectivity index (χ4n) is 8.25. The first-order valence-corrected chi connectivity index (χ1v) is 18.9. The molecule has 0 amide bonds. The Morgan fingerprint density at radius 2 is 0.789 bits per heavy atom. The van der Waals surface area contributed by atoms with E-state index in [9.17, 15) is 0 Å². The second-order valence-corrected chi connectivity index (χ2v) is 14.3. The van der Waals surface area contributed by atoms with Crippen LogP contribution >= 0.6 is 0 Å². The van der Waals surface area contributed by atoms with Gasteiger partial charge in [0.25, 0.3) is 0 Å². The van der Waals surface area contributed by atoms with Crippen LogP contribution in [0.15, 0.2) is 189 Å². The third-order valence-electron chi connectivity index (χ3n) is 11.0. The van der Waals surface area contributed by atoms with Gasteiger partial charge in [0.2, 0.25) is 0 Å². The molecule has 4 aromatic heterocycles. The summed E-state index contributed by atoms with van der Waals surface area (Å²) >= 11 is 0. The zero-order valence-corrected chi connectivity index (χ0v) is 30.3. The van der Waals surface area contributed by atoms with Crippen molar-refractivity contribution in [2.75, 3.05) is 0 Å². The Morgan fingerprint density at radius 3 is 1.54 bits per heavy atom. The van der Waals surface area contributed by atoms with Gasteiger partial charge >= 0.3 is 0 Å². The van der Waals surface area contributed by atoms with E-state index in [-0.39, 0.29) is 0 Å². The number of fused-ring (bicyclic) bond motifs is 9. The highest BCUT2D eigenvalue weighted by molar-refractivity contribution is 6.19. The predicted octanol–water partition coefficient (Wildman–Crippen LogP) is 13.9. The van der Waals surface area contributed by atoms with Crippen molar-refractivity contribution >= 4 is 65.8 Å². The maximum Gasteiger partial charge on any atom is 0.164 e. The highest BCUT2D eigenvalue weighted by atomic mass is 16.3. The van der Waals surface area contributed by atoms with E-state index in [4.69, 9.17) is 28.2 Å². The van der Waals surface area contributed by atoms with Gasteiger partial charge in [0.1, 0.15) is 33.5 Å². The van der Waals surface area contributed by atoms with Crippen molar-refractivity contribution in [2.24, 2.45) is 0 Å². The standard InChI is InChI=1S/C51H29N3O3/c1-2-11-31(12-3-1)49-52-50(54-51(53-49)33-25-26-37-35-13-4-7-18-42(35)55-45(37)29-33)32-23-21-30(22-24-32)34-27-28-38(46-41-15-6-9-20-44(41)57-48(34)46)40-17-10-16-39-36-14-5-8-19-43(36)56-47(39)40/h1-29H. The molecule has 57 heavy (non-hydrogen) atoms. The molecule has 12 rings (SSSR count). The second-order valence-electron chi connectivity index (χ2n) is 14.3. The summed E-state index contributed by atoms with van der Waals surface area (Å²) in [5.41, 5.74) is 11.8. The maximum absolute atomic E-state index is 6.69. The Bertz CT molecular complexity index is 3520. The number of rotatable bonds is 5. The van der Waals surface area contributed by atoms with Crippen molar-refractivity contribution in [1.29, 1.82) is 0 Å². The van der Waals surface area contributed by atoms with Crippen molar-refractivity contribution in [3.8, 4) is 56.4 Å². The van der Waals surface area contributed by atoms with Crippen LogP contribution in [0.5, 0.6) is 0 Å². The van der Waals surface area contributed by atoms with E-state index >= 15 is 0 Å². The molecular formula is C51H29N3O3. The maximum atomic E-state index is 6.69. The smallest absolute Gasteiger partial charge is 0.164 e. The van der Waals surface area contributed by atoms with Gasteiger partial charge in [-0.1, -0.05) is 140 Å². The molecule has 0 N–H and O–H groups in total. The molecule has 6 nitrogen and oxygen atoms in total. The summed E-state index contributed by atoms with van der Waals surface area (Å²) in [7, 11) is 0. The normalized spacial score (nSPS) is 11.9. The molecular weight excluding hydrogens is 703 g/mol. The van der Waals surface area contributed by atoms with Crippen LogP contribution in [0.2, 0.25) is 0 Å². The molecule has 0 bridgehead atoms. The largest absolute Gasteiger partial charge is 0.456 e. The van der Waals surface area contributed by atoms with Gasteiger partial charge in [0.15, 0.2) is 17.5 Å². The fourth-order valence-corrected chi connectivity index (χ4v) is 8.25. The molecule has 4 heterocycles. The van der Waals surface area contributed by atoms with Gasteiger partial charge in [-0.25, -0.2) is 15.0 Å². The van der Waals surface area contributed by atoms with Gasteiger partial charge in [0, 0.05) is 60.1 Å². The van der Waals surface area contributed by atoms with Gasteiger partial charge in [0.05, 0.1) is 0 Å². The highest BCUT2D eigenvalue weighted by Crippen LogP contribution is 2.45. The quantitative estimate of drug-likeness (QED) is 0.175. The Balaban J connectivity index is 0.986. The van der Waals surface area contributed by atoms with Gasteiger partial charge in [-0.05, 0) is 47.5 Å². The van der Waals surface area contributed by atoms with E-state index in [2.05, 4.69) is 97.1 Å². The number of aromatic nitrogens is 3. The van der Waals surface area contributed by atoms with Gasteiger partial charge in [-0.15, -0.1) is 0 Å². The minimum Gasteiger partial charge on any atom is -0.456 e. The number of nitrogens with zero attached hydrogens (tertiary/aromatic N) is 3. The van der Waals surface area contributed by atoms with E-state index in [1.54, 1.807) is 0 Å². The second kappa shape index (κ2) is 12.3. The number of furan rings is 3. The first-order chi connectivity index (χ1) is 28.2. The molecule has 6 heteroatoms. The van der Waals surface area contributed by atoms with Crippen molar-refractivity contribution in [1.82, 2.24) is 15.0 Å². The Labute approximate surface area is 325 Å². The lowest BCUT2D eigenvalue weighted by Gasteiger charge is -2.11. The third-order valence-corrected chi connectivity index (χ3v) is 11.0. The van der Waals surface area contributed by atoms with Crippen molar-refractivity contribution in [3.05, 3.63) is 176 Å². The minimum atomic E-state index is 0.573. The molecule has 0 fully saturated rings. The van der Waals surface area contributed by atoms with E-state index in [1.165, 1.54) is 0 Å². The lowest BCUT2D eigenvalue weighted by Crippen LogP contribution is -2.00. The zero-order valence-electron chi connectivity index (χ0n) is 30.3. The molecule has 0 saturated carbocycles. The summed E-state index contributed by atoms with van der Waals surface area (Å²) in [4.78, 5) is 15.0. The molecule has 0 aliphatic heterocycles. The van der Waals surface area contributed by atoms with Gasteiger partial charge in [-0.2, -0.15) is 0 Å².